The van der Waals surface area contributed by atoms with E-state index in [9.17, 15) is 9.59 Å². The Morgan fingerprint density at radius 1 is 1.29 bits per heavy atom. The van der Waals surface area contributed by atoms with Crippen LogP contribution in [0.1, 0.15) is 38.3 Å². The van der Waals surface area contributed by atoms with E-state index in [0.717, 1.165) is 17.5 Å². The van der Waals surface area contributed by atoms with E-state index in [1.165, 1.54) is 0 Å². The van der Waals surface area contributed by atoms with E-state index in [1.807, 2.05) is 32.9 Å². The van der Waals surface area contributed by atoms with Crippen LogP contribution in [-0.2, 0) is 22.4 Å². The number of hydrogen-bond donors (Lipinski definition) is 2. The highest BCUT2D eigenvalue weighted by Crippen LogP contribution is 2.28. The van der Waals surface area contributed by atoms with Gasteiger partial charge in [-0.2, -0.15) is 0 Å². The van der Waals surface area contributed by atoms with Gasteiger partial charge in [0.25, 0.3) is 0 Å². The molecule has 0 spiro atoms. The number of benzene rings is 1. The van der Waals surface area contributed by atoms with Gasteiger partial charge in [0.05, 0.1) is 5.92 Å². The second-order valence-electron chi connectivity index (χ2n) is 6.39. The molecule has 0 saturated carbocycles. The largest absolute Gasteiger partial charge is 0.481 e. The fraction of sp³-hybridized carbons (Fsp3) is 0.500. The molecule has 5 nitrogen and oxygen atoms in total. The number of aryl methyl sites for hydroxylation is 1. The number of carbonyl (C=O) groups is 2. The molecule has 0 radical (unpaired) electrons. The smallest absolute Gasteiger partial charge is 0.412 e. The first kappa shape index (κ1) is 15.4. The minimum Gasteiger partial charge on any atom is -0.481 e. The molecule has 2 N–H and O–H groups in total. The molecular weight excluding hydrogens is 270 g/mol. The van der Waals surface area contributed by atoms with Crippen molar-refractivity contribution in [1.82, 2.24) is 0 Å². The number of ether oxygens (including phenoxy) is 1. The SMILES string of the molecule is CC(C)(C)OC(=O)Nc1ccc2c(c1)CCC(C(=O)O)C2. The zero-order valence-electron chi connectivity index (χ0n) is 12.6. The molecule has 5 heteroatoms. The third kappa shape index (κ3) is 4.21. The molecule has 0 bridgehead atoms. The van der Waals surface area contributed by atoms with Crippen LogP contribution in [0.2, 0.25) is 0 Å². The van der Waals surface area contributed by atoms with Crippen molar-refractivity contribution < 1.29 is 19.4 Å². The fourth-order valence-corrected chi connectivity index (χ4v) is 2.47. The molecule has 21 heavy (non-hydrogen) atoms. The lowest BCUT2D eigenvalue weighted by Gasteiger charge is -2.23. The van der Waals surface area contributed by atoms with Crippen LogP contribution in [0, 0.1) is 5.92 Å². The summed E-state index contributed by atoms with van der Waals surface area (Å²) < 4.78 is 5.21. The van der Waals surface area contributed by atoms with Gasteiger partial charge in [-0.15, -0.1) is 0 Å². The molecule has 1 atom stereocenters. The van der Waals surface area contributed by atoms with Gasteiger partial charge >= 0.3 is 12.1 Å². The lowest BCUT2D eigenvalue weighted by molar-refractivity contribution is -0.142. The summed E-state index contributed by atoms with van der Waals surface area (Å²) >= 11 is 0. The number of carboxylic acids is 1. The fourth-order valence-electron chi connectivity index (χ4n) is 2.47. The maximum Gasteiger partial charge on any atom is 0.412 e. The second kappa shape index (κ2) is 5.76. The molecule has 0 aliphatic heterocycles. The van der Waals surface area contributed by atoms with Crippen molar-refractivity contribution in [3.63, 3.8) is 0 Å². The van der Waals surface area contributed by atoms with E-state index in [-0.39, 0.29) is 5.92 Å². The number of hydrogen-bond acceptors (Lipinski definition) is 3. The highest BCUT2D eigenvalue weighted by atomic mass is 16.6. The van der Waals surface area contributed by atoms with Crippen LogP contribution in [0.25, 0.3) is 0 Å². The van der Waals surface area contributed by atoms with E-state index < -0.39 is 17.7 Å². The first-order chi connectivity index (χ1) is 9.74. The van der Waals surface area contributed by atoms with Gasteiger partial charge in [0.1, 0.15) is 5.60 Å². The summed E-state index contributed by atoms with van der Waals surface area (Å²) in [6.07, 6.45) is 1.42. The molecule has 0 saturated heterocycles. The van der Waals surface area contributed by atoms with Crippen molar-refractivity contribution in [3.05, 3.63) is 29.3 Å². The molecule has 1 aromatic carbocycles. The van der Waals surface area contributed by atoms with Gasteiger partial charge in [-0.05, 0) is 63.3 Å². The molecule has 0 aromatic heterocycles. The number of fused-ring (bicyclic) bond motifs is 1. The van der Waals surface area contributed by atoms with E-state index in [2.05, 4.69) is 5.32 Å². The Morgan fingerprint density at radius 2 is 2.00 bits per heavy atom. The monoisotopic (exact) mass is 291 g/mol. The Hall–Kier alpha value is -2.04. The second-order valence-corrected chi connectivity index (χ2v) is 6.39. The molecule has 1 unspecified atom stereocenters. The zero-order valence-corrected chi connectivity index (χ0v) is 12.6. The molecule has 1 amide bonds. The third-order valence-corrected chi connectivity index (χ3v) is 3.43. The Balaban J connectivity index is 2.05. The molecule has 0 fully saturated rings. The number of rotatable bonds is 2. The zero-order chi connectivity index (χ0) is 15.6. The van der Waals surface area contributed by atoms with Crippen molar-refractivity contribution >= 4 is 17.7 Å². The van der Waals surface area contributed by atoms with Gasteiger partial charge < -0.3 is 9.84 Å². The van der Waals surface area contributed by atoms with Crippen molar-refractivity contribution in [2.75, 3.05) is 5.32 Å². The van der Waals surface area contributed by atoms with E-state index in [1.54, 1.807) is 6.07 Å². The molecule has 114 valence electrons. The van der Waals surface area contributed by atoms with Gasteiger partial charge in [-0.3, -0.25) is 10.1 Å². The number of amides is 1. The summed E-state index contributed by atoms with van der Waals surface area (Å²) in [5, 5.41) is 11.8. The summed E-state index contributed by atoms with van der Waals surface area (Å²) in [5.74, 6) is -1.04. The van der Waals surface area contributed by atoms with E-state index in [0.29, 0.717) is 18.5 Å². The number of nitrogens with one attached hydrogen (secondary N) is 1. The third-order valence-electron chi connectivity index (χ3n) is 3.43. The van der Waals surface area contributed by atoms with Crippen LogP contribution in [0.5, 0.6) is 0 Å². The van der Waals surface area contributed by atoms with Crippen molar-refractivity contribution in [3.8, 4) is 0 Å². The Kier molecular flexibility index (Phi) is 4.21. The van der Waals surface area contributed by atoms with Crippen LogP contribution >= 0.6 is 0 Å². The van der Waals surface area contributed by atoms with Crippen LogP contribution in [0.4, 0.5) is 10.5 Å². The molecule has 2 rings (SSSR count). The molecule has 1 aromatic rings. The topological polar surface area (TPSA) is 75.6 Å². The summed E-state index contributed by atoms with van der Waals surface area (Å²) in [7, 11) is 0. The van der Waals surface area contributed by atoms with E-state index >= 15 is 0 Å². The van der Waals surface area contributed by atoms with Crippen molar-refractivity contribution in [1.29, 1.82) is 0 Å². The lowest BCUT2D eigenvalue weighted by Crippen LogP contribution is -2.27. The van der Waals surface area contributed by atoms with Crippen molar-refractivity contribution in [2.24, 2.45) is 5.92 Å². The number of carboxylic acid groups (broad SMARTS) is 1. The standard InChI is InChI=1S/C16H21NO4/c1-16(2,3)21-15(20)17-13-7-6-10-8-12(14(18)19)5-4-11(10)9-13/h6-7,9,12H,4-5,8H2,1-3H3,(H,17,20)(H,18,19). The minimum atomic E-state index is -0.739. The van der Waals surface area contributed by atoms with Crippen LogP contribution in [-0.4, -0.2) is 22.8 Å². The molecular formula is C16H21NO4. The quantitative estimate of drug-likeness (QED) is 0.877. The van der Waals surface area contributed by atoms with Crippen LogP contribution in [0.15, 0.2) is 18.2 Å². The maximum absolute atomic E-state index is 11.7. The highest BCUT2D eigenvalue weighted by Gasteiger charge is 2.24. The normalized spacial score (nSPS) is 17.8. The Bertz CT molecular complexity index is 560. The van der Waals surface area contributed by atoms with Crippen LogP contribution in [0.3, 0.4) is 0 Å². The number of carbonyl (C=O) groups excluding carboxylic acids is 1. The summed E-state index contributed by atoms with van der Waals surface area (Å²) in [4.78, 5) is 22.8. The van der Waals surface area contributed by atoms with Gasteiger partial charge in [0.15, 0.2) is 0 Å². The molecule has 1 aliphatic carbocycles. The van der Waals surface area contributed by atoms with Crippen LogP contribution < -0.4 is 5.32 Å². The summed E-state index contributed by atoms with van der Waals surface area (Å²) in [5.41, 5.74) is 2.29. The highest BCUT2D eigenvalue weighted by molar-refractivity contribution is 5.85. The summed E-state index contributed by atoms with van der Waals surface area (Å²) in [6.45, 7) is 5.43. The predicted molar refractivity (Wildman–Crippen MR) is 79.4 cm³/mol. The first-order valence-electron chi connectivity index (χ1n) is 7.09. The van der Waals surface area contributed by atoms with Crippen molar-refractivity contribution in [2.45, 2.75) is 45.6 Å². The van der Waals surface area contributed by atoms with E-state index in [4.69, 9.17) is 9.84 Å². The van der Waals surface area contributed by atoms with Gasteiger partial charge in [-0.1, -0.05) is 6.07 Å². The summed E-state index contributed by atoms with van der Waals surface area (Å²) in [6, 6.07) is 5.57. The first-order valence-corrected chi connectivity index (χ1v) is 7.09. The Morgan fingerprint density at radius 3 is 2.62 bits per heavy atom. The van der Waals surface area contributed by atoms with Gasteiger partial charge in [0.2, 0.25) is 0 Å². The maximum atomic E-state index is 11.7. The average molecular weight is 291 g/mol. The number of anilines is 1. The minimum absolute atomic E-state index is 0.304. The van der Waals surface area contributed by atoms with Gasteiger partial charge in [0, 0.05) is 5.69 Å². The lowest BCUT2D eigenvalue weighted by atomic mass is 9.84. The Labute approximate surface area is 124 Å². The average Bonchev–Trinajstić information content (AvgIpc) is 2.35. The number of aliphatic carboxylic acids is 1. The molecule has 1 aliphatic rings. The molecule has 0 heterocycles. The van der Waals surface area contributed by atoms with Gasteiger partial charge in [-0.25, -0.2) is 4.79 Å². The predicted octanol–water partition coefficient (Wildman–Crippen LogP) is 3.22.